The van der Waals surface area contributed by atoms with E-state index in [9.17, 15) is 14.4 Å². The molecule has 7 nitrogen and oxygen atoms in total. The van der Waals surface area contributed by atoms with Crippen LogP contribution in [-0.4, -0.2) is 49.5 Å². The highest BCUT2D eigenvalue weighted by atomic mass is 79.9. The fourth-order valence-corrected chi connectivity index (χ4v) is 1.99. The van der Waals surface area contributed by atoms with Crippen LogP contribution < -0.4 is 9.47 Å². The number of Topliss-reactive ketones (excluding diaryl/α,β-unsaturated/α-hetero) is 1. The fourth-order valence-electron chi connectivity index (χ4n) is 1.67. The number of ether oxygens (including phenoxy) is 4. The second kappa shape index (κ2) is 12.7. The van der Waals surface area contributed by atoms with Crippen LogP contribution in [0.1, 0.15) is 24.2 Å². The van der Waals surface area contributed by atoms with Crippen LogP contribution in [0.5, 0.6) is 11.5 Å². The Morgan fingerprint density at radius 1 is 0.920 bits per heavy atom. The maximum absolute atomic E-state index is 11.8. The van der Waals surface area contributed by atoms with Crippen LogP contribution in [-0.2, 0) is 19.1 Å². The van der Waals surface area contributed by atoms with E-state index in [1.807, 2.05) is 0 Å². The molecule has 0 amide bonds. The second-order valence-electron chi connectivity index (χ2n) is 4.41. The summed E-state index contributed by atoms with van der Waals surface area (Å²) in [7, 11) is 0. The Hall–Kier alpha value is -1.61. The summed E-state index contributed by atoms with van der Waals surface area (Å²) in [6.07, 6.45) is 0. The van der Waals surface area contributed by atoms with Gasteiger partial charge in [0.15, 0.2) is 30.5 Å². The highest BCUT2D eigenvalue weighted by molar-refractivity contribution is 9.09. The number of hydrogen-bond acceptors (Lipinski definition) is 7. The van der Waals surface area contributed by atoms with Gasteiger partial charge in [-0.2, -0.15) is 0 Å². The smallest absolute Gasteiger partial charge is 0.344 e. The first-order chi connectivity index (χ1) is 11.5. The van der Waals surface area contributed by atoms with Crippen molar-refractivity contribution in [1.82, 2.24) is 0 Å². The second-order valence-corrected chi connectivity index (χ2v) is 4.97. The van der Waals surface area contributed by atoms with Crippen molar-refractivity contribution < 1.29 is 33.3 Å². The number of carbonyl (C=O) groups is 3. The van der Waals surface area contributed by atoms with Gasteiger partial charge in [0.05, 0.1) is 18.5 Å². The van der Waals surface area contributed by atoms with E-state index in [4.69, 9.17) is 18.9 Å². The predicted molar refractivity (Wildman–Crippen MR) is 99.1 cm³/mol. The lowest BCUT2D eigenvalue weighted by molar-refractivity contribution is -0.146. The molecule has 9 heteroatoms. The van der Waals surface area contributed by atoms with Gasteiger partial charge >= 0.3 is 11.9 Å². The van der Waals surface area contributed by atoms with E-state index in [0.29, 0.717) is 5.56 Å². The number of esters is 2. The molecule has 0 radical (unpaired) electrons. The summed E-state index contributed by atoms with van der Waals surface area (Å²) in [6, 6.07) is 4.49. The molecule has 1 aromatic carbocycles. The van der Waals surface area contributed by atoms with Crippen LogP contribution >= 0.6 is 32.9 Å². The van der Waals surface area contributed by atoms with Crippen molar-refractivity contribution in [3.8, 4) is 11.5 Å². The van der Waals surface area contributed by atoms with Crippen LogP contribution in [0, 0.1) is 0 Å². The first-order valence-electron chi connectivity index (χ1n) is 7.31. The molecule has 0 saturated carbocycles. The van der Waals surface area contributed by atoms with E-state index in [0.717, 1.165) is 0 Å². The van der Waals surface area contributed by atoms with Gasteiger partial charge in [0.25, 0.3) is 0 Å². The quantitative estimate of drug-likeness (QED) is 0.287. The number of benzene rings is 1. The van der Waals surface area contributed by atoms with Gasteiger partial charge in [0, 0.05) is 5.56 Å². The first-order valence-corrected chi connectivity index (χ1v) is 8.44. The maximum Gasteiger partial charge on any atom is 0.344 e. The lowest BCUT2D eigenvalue weighted by atomic mass is 10.1. The molecule has 0 bridgehead atoms. The van der Waals surface area contributed by atoms with Crippen molar-refractivity contribution in [3.05, 3.63) is 23.8 Å². The van der Waals surface area contributed by atoms with E-state index in [-0.39, 0.29) is 66.0 Å². The standard InChI is InChI=1S/C16H19BrO7.BrH/c1-3-21-15(19)9-23-13-6-5-11(12(18)8-17)7-14(13)24-10-16(20)22-4-2;/h5-7H,3-4,8-10H2,1-2H3;1H. The van der Waals surface area contributed by atoms with Crippen LogP contribution in [0.4, 0.5) is 0 Å². The third kappa shape index (κ3) is 8.35. The van der Waals surface area contributed by atoms with Crippen LogP contribution in [0.25, 0.3) is 0 Å². The Balaban J connectivity index is 0.00000576. The first kappa shape index (κ1) is 23.4. The molecule has 0 aromatic heterocycles. The topological polar surface area (TPSA) is 88.1 Å². The van der Waals surface area contributed by atoms with Crippen molar-refractivity contribution in [2.75, 3.05) is 31.8 Å². The summed E-state index contributed by atoms with van der Waals surface area (Å²) in [6.45, 7) is 3.20. The molecule has 25 heavy (non-hydrogen) atoms. The summed E-state index contributed by atoms with van der Waals surface area (Å²) >= 11 is 3.09. The molecule has 0 atom stereocenters. The van der Waals surface area contributed by atoms with Crippen molar-refractivity contribution in [2.24, 2.45) is 0 Å². The summed E-state index contributed by atoms with van der Waals surface area (Å²) in [5, 5.41) is 0.146. The minimum atomic E-state index is -0.550. The Morgan fingerprint density at radius 3 is 1.92 bits per heavy atom. The Labute approximate surface area is 164 Å². The zero-order valence-electron chi connectivity index (χ0n) is 13.9. The van der Waals surface area contributed by atoms with Gasteiger partial charge in [-0.25, -0.2) is 9.59 Å². The average molecular weight is 484 g/mol. The fraction of sp³-hybridized carbons (Fsp3) is 0.438. The van der Waals surface area contributed by atoms with E-state index < -0.39 is 11.9 Å². The van der Waals surface area contributed by atoms with Gasteiger partial charge in [-0.05, 0) is 32.0 Å². The van der Waals surface area contributed by atoms with Gasteiger partial charge in [0.1, 0.15) is 0 Å². The van der Waals surface area contributed by atoms with Gasteiger partial charge < -0.3 is 18.9 Å². The molecule has 0 unspecified atom stereocenters. The van der Waals surface area contributed by atoms with E-state index in [1.54, 1.807) is 19.9 Å². The van der Waals surface area contributed by atoms with Gasteiger partial charge in [0.2, 0.25) is 0 Å². The summed E-state index contributed by atoms with van der Waals surface area (Å²) in [5.74, 6) is -0.855. The normalized spacial score (nSPS) is 9.56. The zero-order chi connectivity index (χ0) is 17.9. The lowest BCUT2D eigenvalue weighted by Crippen LogP contribution is -2.17. The molecule has 0 heterocycles. The molecule has 0 aliphatic heterocycles. The van der Waals surface area contributed by atoms with Crippen LogP contribution in [0.3, 0.4) is 0 Å². The summed E-state index contributed by atoms with van der Waals surface area (Å²) < 4.78 is 20.3. The number of ketones is 1. The van der Waals surface area contributed by atoms with Gasteiger partial charge in [-0.1, -0.05) is 15.9 Å². The Bertz CT molecular complexity index is 590. The third-order valence-electron chi connectivity index (χ3n) is 2.69. The molecule has 0 aliphatic rings. The number of hydrogen-bond donors (Lipinski definition) is 0. The van der Waals surface area contributed by atoms with Crippen molar-refractivity contribution in [3.63, 3.8) is 0 Å². The number of rotatable bonds is 10. The number of alkyl halides is 1. The molecule has 140 valence electrons. The van der Waals surface area contributed by atoms with Crippen molar-refractivity contribution >= 4 is 50.6 Å². The van der Waals surface area contributed by atoms with Gasteiger partial charge in [-0.3, -0.25) is 4.79 Å². The third-order valence-corrected chi connectivity index (χ3v) is 3.20. The zero-order valence-corrected chi connectivity index (χ0v) is 17.2. The maximum atomic E-state index is 11.8. The minimum Gasteiger partial charge on any atom is -0.478 e. The molecule has 0 aliphatic carbocycles. The average Bonchev–Trinajstić information content (AvgIpc) is 2.58. The Kier molecular flexibility index (Phi) is 11.9. The molecule has 0 N–H and O–H groups in total. The SMILES string of the molecule is Br.CCOC(=O)COc1ccc(C(=O)CBr)cc1OCC(=O)OCC. The molecular formula is C16H20Br2O7. The monoisotopic (exact) mass is 482 g/mol. The van der Waals surface area contributed by atoms with Crippen LogP contribution in [0.15, 0.2) is 18.2 Å². The molecule has 0 saturated heterocycles. The molecule has 1 rings (SSSR count). The lowest BCUT2D eigenvalue weighted by Gasteiger charge is -2.13. The summed E-state index contributed by atoms with van der Waals surface area (Å²) in [5.41, 5.74) is 0.384. The van der Waals surface area contributed by atoms with E-state index >= 15 is 0 Å². The predicted octanol–water partition coefficient (Wildman–Crippen LogP) is 2.73. The van der Waals surface area contributed by atoms with E-state index in [1.165, 1.54) is 12.1 Å². The highest BCUT2D eigenvalue weighted by Crippen LogP contribution is 2.29. The molecule has 0 fully saturated rings. The highest BCUT2D eigenvalue weighted by Gasteiger charge is 2.14. The van der Waals surface area contributed by atoms with Crippen LogP contribution in [0.2, 0.25) is 0 Å². The molecule has 1 aromatic rings. The minimum absolute atomic E-state index is 0. The van der Waals surface area contributed by atoms with Crippen molar-refractivity contribution in [2.45, 2.75) is 13.8 Å². The number of halogens is 2. The molecule has 0 spiro atoms. The molecular weight excluding hydrogens is 464 g/mol. The van der Waals surface area contributed by atoms with Gasteiger partial charge in [-0.15, -0.1) is 17.0 Å². The summed E-state index contributed by atoms with van der Waals surface area (Å²) in [4.78, 5) is 34.6. The largest absolute Gasteiger partial charge is 0.478 e. The van der Waals surface area contributed by atoms with Crippen molar-refractivity contribution in [1.29, 1.82) is 0 Å². The Morgan fingerprint density at radius 2 is 1.44 bits per heavy atom. The number of carbonyl (C=O) groups excluding carboxylic acids is 3. The van der Waals surface area contributed by atoms with E-state index in [2.05, 4.69) is 15.9 Å².